The second-order valence-electron chi connectivity index (χ2n) is 12.2. The fraction of sp³-hybridized carbons (Fsp3) is 0.759. The van der Waals surface area contributed by atoms with Gasteiger partial charge in [-0.15, -0.1) is 0 Å². The second-order valence-corrected chi connectivity index (χ2v) is 12.2. The molecule has 0 aromatic carbocycles. The van der Waals surface area contributed by atoms with E-state index in [1.165, 1.54) is 0 Å². The molecule has 0 aromatic heterocycles. The molecule has 0 aliphatic carbocycles. The average Bonchev–Trinajstić information content (AvgIpc) is 2.97. The monoisotopic (exact) mass is 657 g/mol. The Kier molecular flexibility index (Phi) is 19.8. The molecule has 0 aliphatic heterocycles. The van der Waals surface area contributed by atoms with Gasteiger partial charge in [-0.3, -0.25) is 29.0 Å². The van der Waals surface area contributed by atoms with Crippen molar-refractivity contribution in [3.8, 4) is 0 Å². The Morgan fingerprint density at radius 1 is 0.761 bits per heavy atom. The maximum absolute atomic E-state index is 13.2. The molecule has 0 aromatic rings. The molecule has 0 spiro atoms. The molecule has 0 aliphatic rings. The Morgan fingerprint density at radius 2 is 1.30 bits per heavy atom. The number of aliphatic hydroxyl groups is 1. The molecule has 0 bridgehead atoms. The summed E-state index contributed by atoms with van der Waals surface area (Å²) in [6.45, 7) is 9.84. The van der Waals surface area contributed by atoms with Crippen LogP contribution in [0.15, 0.2) is 4.99 Å². The molecule has 0 radical (unpaired) electrons. The maximum atomic E-state index is 13.2. The van der Waals surface area contributed by atoms with E-state index in [1.54, 1.807) is 6.92 Å². The number of nitrogens with two attached hydrogens (primary N) is 3. The smallest absolute Gasteiger partial charge is 0.326 e. The van der Waals surface area contributed by atoms with Gasteiger partial charge in [-0.1, -0.05) is 48.0 Å². The lowest BCUT2D eigenvalue weighted by molar-refractivity contribution is -0.142. The third-order valence-corrected chi connectivity index (χ3v) is 7.01. The number of nitrogens with one attached hydrogen (secondary N) is 5. The lowest BCUT2D eigenvalue weighted by Crippen LogP contribution is -2.58. The van der Waals surface area contributed by atoms with Crippen LogP contribution in [0.4, 0.5) is 0 Å². The predicted octanol–water partition coefficient (Wildman–Crippen LogP) is -2.36. The zero-order valence-corrected chi connectivity index (χ0v) is 27.8. The largest absolute Gasteiger partial charge is 0.480 e. The van der Waals surface area contributed by atoms with E-state index in [1.807, 2.05) is 34.6 Å². The number of carboxylic acid groups (broad SMARTS) is 1. The Morgan fingerprint density at radius 3 is 1.80 bits per heavy atom. The summed E-state index contributed by atoms with van der Waals surface area (Å²) in [5, 5.41) is 31.3. The van der Waals surface area contributed by atoms with E-state index >= 15 is 0 Å². The van der Waals surface area contributed by atoms with Crippen molar-refractivity contribution in [2.24, 2.45) is 39.9 Å². The first kappa shape index (κ1) is 42.0. The Bertz CT molecular complexity index is 1050. The highest BCUT2D eigenvalue weighted by Gasteiger charge is 2.32. The number of nitrogens with zero attached hydrogens (tertiary/aromatic N) is 1. The number of amides is 5. The van der Waals surface area contributed by atoms with Crippen molar-refractivity contribution in [1.82, 2.24) is 26.6 Å². The molecular weight excluding hydrogens is 602 g/mol. The number of carbonyl (C=O) groups is 6. The summed E-state index contributed by atoms with van der Waals surface area (Å²) in [7, 11) is 0. The van der Waals surface area contributed by atoms with Crippen molar-refractivity contribution < 1.29 is 39.0 Å². The van der Waals surface area contributed by atoms with Gasteiger partial charge in [0, 0.05) is 6.54 Å². The second kappa shape index (κ2) is 21.7. The van der Waals surface area contributed by atoms with E-state index in [9.17, 15) is 39.0 Å². The highest BCUT2D eigenvalue weighted by Crippen LogP contribution is 2.11. The summed E-state index contributed by atoms with van der Waals surface area (Å²) < 4.78 is 0. The predicted molar refractivity (Wildman–Crippen MR) is 172 cm³/mol. The number of guanidine groups is 1. The van der Waals surface area contributed by atoms with E-state index in [0.29, 0.717) is 6.42 Å². The molecule has 0 rings (SSSR count). The van der Waals surface area contributed by atoms with Crippen molar-refractivity contribution in [3.05, 3.63) is 0 Å². The molecule has 13 N–H and O–H groups in total. The van der Waals surface area contributed by atoms with Gasteiger partial charge >= 0.3 is 5.97 Å². The molecule has 17 heteroatoms. The van der Waals surface area contributed by atoms with Crippen molar-refractivity contribution in [2.75, 3.05) is 19.7 Å². The number of aliphatic hydroxyl groups excluding tert-OH is 1. The molecular formula is C29H55N9O8. The van der Waals surface area contributed by atoms with E-state index in [0.717, 1.165) is 0 Å². The van der Waals surface area contributed by atoms with Crippen LogP contribution in [0.5, 0.6) is 0 Å². The summed E-state index contributed by atoms with van der Waals surface area (Å²) in [5.74, 6) is -5.26. The minimum Gasteiger partial charge on any atom is -0.480 e. The first-order valence-electron chi connectivity index (χ1n) is 15.6. The van der Waals surface area contributed by atoms with E-state index in [2.05, 4.69) is 31.6 Å². The molecule has 6 atom stereocenters. The van der Waals surface area contributed by atoms with Gasteiger partial charge in [-0.05, 0) is 43.4 Å². The first-order chi connectivity index (χ1) is 21.4. The molecule has 0 heterocycles. The van der Waals surface area contributed by atoms with Crippen LogP contribution >= 0.6 is 0 Å². The van der Waals surface area contributed by atoms with Crippen molar-refractivity contribution in [3.63, 3.8) is 0 Å². The fourth-order valence-corrected chi connectivity index (χ4v) is 4.28. The third kappa shape index (κ3) is 16.9. The van der Waals surface area contributed by atoms with Crippen LogP contribution in [0.25, 0.3) is 0 Å². The first-order valence-corrected chi connectivity index (χ1v) is 15.6. The molecule has 0 saturated heterocycles. The molecule has 17 nitrogen and oxygen atoms in total. The van der Waals surface area contributed by atoms with Crippen LogP contribution in [-0.2, 0) is 28.8 Å². The molecule has 264 valence electrons. The van der Waals surface area contributed by atoms with Gasteiger partial charge < -0.3 is 54.0 Å². The van der Waals surface area contributed by atoms with Crippen molar-refractivity contribution in [2.45, 2.75) is 104 Å². The summed E-state index contributed by atoms with van der Waals surface area (Å²) >= 11 is 0. The van der Waals surface area contributed by atoms with Crippen LogP contribution in [0, 0.1) is 17.8 Å². The van der Waals surface area contributed by atoms with Gasteiger partial charge in [-0.2, -0.15) is 0 Å². The summed E-state index contributed by atoms with van der Waals surface area (Å²) in [6, 6.07) is -5.65. The highest BCUT2D eigenvalue weighted by molar-refractivity contribution is 5.95. The van der Waals surface area contributed by atoms with Crippen molar-refractivity contribution in [1.29, 1.82) is 0 Å². The highest BCUT2D eigenvalue weighted by atomic mass is 16.4. The standard InChI is InChI=1S/C29H55N9O8/c1-7-17(6)23(38-26(43)20(11-15(2)3)36-24(41)18(30)14-39)27(44)34-13-22(40)35-19(9-8-10-33-29(31)32)25(42)37-21(28(45)46)12-16(4)5/h15-21,23,39H,7-14,30H2,1-6H3,(H,34,44)(H,35,40)(H,36,41)(H,37,42)(H,38,43)(H,45,46)(H4,31,32,33)/t17-,18+,19-,20-,21-,23-/m0/s1. The quantitative estimate of drug-likeness (QED) is 0.0334. The van der Waals surface area contributed by atoms with Crippen molar-refractivity contribution >= 4 is 41.5 Å². The average molecular weight is 658 g/mol. The van der Waals surface area contributed by atoms with Crippen LogP contribution < -0.4 is 43.8 Å². The maximum Gasteiger partial charge on any atom is 0.326 e. The van der Waals surface area contributed by atoms with Gasteiger partial charge in [0.05, 0.1) is 13.2 Å². The third-order valence-electron chi connectivity index (χ3n) is 7.01. The Balaban J connectivity index is 5.66. The SMILES string of the molecule is CC[C@H](C)[C@H](NC(=O)[C@H](CC(C)C)NC(=O)[C@H](N)CO)C(=O)NCC(=O)N[C@@H](CCCN=C(N)N)C(=O)N[C@@H](CC(C)C)C(=O)O. The van der Waals surface area contributed by atoms with Crippen LogP contribution in [0.3, 0.4) is 0 Å². The number of rotatable bonds is 22. The van der Waals surface area contributed by atoms with E-state index in [4.69, 9.17) is 17.2 Å². The molecule has 0 fully saturated rings. The molecule has 46 heavy (non-hydrogen) atoms. The van der Waals surface area contributed by atoms with Gasteiger partial charge in [0.15, 0.2) is 5.96 Å². The minimum atomic E-state index is -1.22. The summed E-state index contributed by atoms with van der Waals surface area (Å²) in [6.07, 6.45) is 1.25. The molecule has 0 unspecified atom stereocenters. The van der Waals surface area contributed by atoms with Gasteiger partial charge in [-0.25, -0.2) is 4.79 Å². The zero-order chi connectivity index (χ0) is 35.6. The van der Waals surface area contributed by atoms with Crippen LogP contribution in [-0.4, -0.2) is 102 Å². The summed E-state index contributed by atoms with van der Waals surface area (Å²) in [5.41, 5.74) is 16.3. The van der Waals surface area contributed by atoms with Gasteiger partial charge in [0.2, 0.25) is 29.5 Å². The van der Waals surface area contributed by atoms with E-state index in [-0.39, 0.29) is 55.9 Å². The number of hydrogen-bond acceptors (Lipinski definition) is 9. The number of carboxylic acids is 1. The van der Waals surface area contributed by atoms with Crippen LogP contribution in [0.2, 0.25) is 0 Å². The molecule has 0 saturated carbocycles. The number of carbonyl (C=O) groups excluding carboxylic acids is 5. The number of aliphatic carboxylic acids is 1. The van der Waals surface area contributed by atoms with Gasteiger partial charge in [0.1, 0.15) is 30.2 Å². The Labute approximate surface area is 270 Å². The number of hydrogen-bond donors (Lipinski definition) is 10. The van der Waals surface area contributed by atoms with Crippen LogP contribution in [0.1, 0.15) is 73.6 Å². The lowest BCUT2D eigenvalue weighted by atomic mass is 9.96. The summed E-state index contributed by atoms with van der Waals surface area (Å²) in [4.78, 5) is 80.1. The van der Waals surface area contributed by atoms with Gasteiger partial charge in [0.25, 0.3) is 0 Å². The fourth-order valence-electron chi connectivity index (χ4n) is 4.28. The topological polar surface area (TPSA) is 293 Å². The number of aliphatic imine (C=N–C) groups is 1. The zero-order valence-electron chi connectivity index (χ0n) is 27.8. The normalized spacial score (nSPS) is 15.0. The minimum absolute atomic E-state index is 0.0123. The lowest BCUT2D eigenvalue weighted by Gasteiger charge is -2.27. The molecule has 5 amide bonds. The Hall–Kier alpha value is -3.99. The van der Waals surface area contributed by atoms with E-state index < -0.39 is 78.9 Å².